The molecule has 0 aromatic heterocycles. The number of hydrogen-bond acceptors (Lipinski definition) is 4. The van der Waals surface area contributed by atoms with Crippen molar-refractivity contribution in [2.45, 2.75) is 32.6 Å². The standard InChI is InChI=1S/C17H32N4O3.HI/c1-2-18-17(20-12-16(22)21-8-3-4-9-21)19-7-5-10-23-13-15-6-11-24-14-15;/h15H,2-14H2,1H3,(H2,18,19,20);1H. The Kier molecular flexibility index (Phi) is 12.2. The van der Waals surface area contributed by atoms with Crippen LogP contribution in [-0.2, 0) is 14.3 Å². The Balaban J connectivity index is 0.00000312. The summed E-state index contributed by atoms with van der Waals surface area (Å²) in [5.41, 5.74) is 0. The number of nitrogens with one attached hydrogen (secondary N) is 2. The highest BCUT2D eigenvalue weighted by Gasteiger charge is 2.17. The van der Waals surface area contributed by atoms with Gasteiger partial charge in [0.1, 0.15) is 6.54 Å². The van der Waals surface area contributed by atoms with Gasteiger partial charge in [-0.25, -0.2) is 4.99 Å². The summed E-state index contributed by atoms with van der Waals surface area (Å²) in [6, 6.07) is 0. The van der Waals surface area contributed by atoms with Gasteiger partial charge in [0.15, 0.2) is 5.96 Å². The predicted molar refractivity (Wildman–Crippen MR) is 110 cm³/mol. The Bertz CT molecular complexity index is 397. The second-order valence-electron chi connectivity index (χ2n) is 6.37. The maximum absolute atomic E-state index is 12.0. The molecular formula is C17H33IN4O3. The normalized spacial score (nSPS) is 20.4. The number of likely N-dealkylation sites (tertiary alicyclic amines) is 1. The van der Waals surface area contributed by atoms with Gasteiger partial charge in [0, 0.05) is 45.3 Å². The molecule has 0 saturated carbocycles. The van der Waals surface area contributed by atoms with Gasteiger partial charge < -0.3 is 25.0 Å². The molecule has 146 valence electrons. The molecule has 1 unspecified atom stereocenters. The van der Waals surface area contributed by atoms with E-state index in [1.165, 1.54) is 0 Å². The van der Waals surface area contributed by atoms with Gasteiger partial charge in [-0.15, -0.1) is 24.0 Å². The number of carbonyl (C=O) groups is 1. The number of amides is 1. The largest absolute Gasteiger partial charge is 0.381 e. The van der Waals surface area contributed by atoms with Gasteiger partial charge in [-0.2, -0.15) is 0 Å². The van der Waals surface area contributed by atoms with E-state index in [2.05, 4.69) is 15.6 Å². The first-order chi connectivity index (χ1) is 11.8. The molecule has 0 radical (unpaired) electrons. The number of aliphatic imine (C=N–C) groups is 1. The predicted octanol–water partition coefficient (Wildman–Crippen LogP) is 1.23. The van der Waals surface area contributed by atoms with E-state index in [-0.39, 0.29) is 36.4 Å². The smallest absolute Gasteiger partial charge is 0.244 e. The summed E-state index contributed by atoms with van der Waals surface area (Å²) in [5.74, 6) is 1.38. The third-order valence-electron chi connectivity index (χ3n) is 4.31. The molecule has 8 heteroatoms. The Morgan fingerprint density at radius 2 is 2.12 bits per heavy atom. The van der Waals surface area contributed by atoms with Crippen molar-refractivity contribution in [1.29, 1.82) is 0 Å². The molecule has 2 aliphatic rings. The first-order valence-corrected chi connectivity index (χ1v) is 9.25. The van der Waals surface area contributed by atoms with Crippen LogP contribution < -0.4 is 10.6 Å². The van der Waals surface area contributed by atoms with Crippen LogP contribution in [-0.4, -0.2) is 75.9 Å². The van der Waals surface area contributed by atoms with Gasteiger partial charge in [0.2, 0.25) is 5.91 Å². The van der Waals surface area contributed by atoms with Gasteiger partial charge in [0.25, 0.3) is 0 Å². The molecule has 7 nitrogen and oxygen atoms in total. The molecule has 0 aliphatic carbocycles. The van der Waals surface area contributed by atoms with Crippen molar-refractivity contribution in [3.05, 3.63) is 0 Å². The highest BCUT2D eigenvalue weighted by molar-refractivity contribution is 14.0. The lowest BCUT2D eigenvalue weighted by molar-refractivity contribution is -0.128. The first-order valence-electron chi connectivity index (χ1n) is 9.25. The molecular weight excluding hydrogens is 435 g/mol. The number of carbonyl (C=O) groups excluding carboxylic acids is 1. The van der Waals surface area contributed by atoms with Crippen LogP contribution in [0, 0.1) is 5.92 Å². The van der Waals surface area contributed by atoms with E-state index in [4.69, 9.17) is 9.47 Å². The lowest BCUT2D eigenvalue weighted by Gasteiger charge is -2.15. The van der Waals surface area contributed by atoms with Crippen LogP contribution in [0.25, 0.3) is 0 Å². The Morgan fingerprint density at radius 3 is 2.80 bits per heavy atom. The summed E-state index contributed by atoms with van der Waals surface area (Å²) >= 11 is 0. The van der Waals surface area contributed by atoms with Gasteiger partial charge >= 0.3 is 0 Å². The van der Waals surface area contributed by atoms with E-state index in [1.807, 2.05) is 11.8 Å². The fourth-order valence-corrected chi connectivity index (χ4v) is 2.90. The molecule has 2 heterocycles. The highest BCUT2D eigenvalue weighted by Crippen LogP contribution is 2.12. The minimum atomic E-state index is 0. The molecule has 0 aromatic carbocycles. The quantitative estimate of drug-likeness (QED) is 0.231. The van der Waals surface area contributed by atoms with E-state index in [0.717, 1.165) is 78.3 Å². The molecule has 1 amide bonds. The fraction of sp³-hybridized carbons (Fsp3) is 0.882. The molecule has 0 aromatic rings. The molecule has 2 rings (SSSR count). The average Bonchev–Trinajstić information content (AvgIpc) is 3.28. The summed E-state index contributed by atoms with van der Waals surface area (Å²) in [6.45, 7) is 8.78. The average molecular weight is 468 g/mol. The maximum atomic E-state index is 12.0. The third-order valence-corrected chi connectivity index (χ3v) is 4.31. The van der Waals surface area contributed by atoms with Crippen LogP contribution in [0.3, 0.4) is 0 Å². The molecule has 1 atom stereocenters. The van der Waals surface area contributed by atoms with Gasteiger partial charge in [-0.05, 0) is 32.6 Å². The van der Waals surface area contributed by atoms with Crippen molar-refractivity contribution in [2.75, 3.05) is 59.2 Å². The van der Waals surface area contributed by atoms with Gasteiger partial charge in [-0.3, -0.25) is 4.79 Å². The van der Waals surface area contributed by atoms with E-state index < -0.39 is 0 Å². The van der Waals surface area contributed by atoms with E-state index in [9.17, 15) is 4.79 Å². The monoisotopic (exact) mass is 468 g/mol. The van der Waals surface area contributed by atoms with Crippen molar-refractivity contribution in [3.63, 3.8) is 0 Å². The van der Waals surface area contributed by atoms with Crippen LogP contribution in [0.2, 0.25) is 0 Å². The number of guanidine groups is 1. The summed E-state index contributed by atoms with van der Waals surface area (Å²) in [7, 11) is 0. The fourth-order valence-electron chi connectivity index (χ4n) is 2.90. The van der Waals surface area contributed by atoms with E-state index >= 15 is 0 Å². The lowest BCUT2D eigenvalue weighted by atomic mass is 10.1. The maximum Gasteiger partial charge on any atom is 0.244 e. The van der Waals surface area contributed by atoms with Crippen molar-refractivity contribution in [1.82, 2.24) is 15.5 Å². The van der Waals surface area contributed by atoms with Crippen LogP contribution >= 0.6 is 24.0 Å². The van der Waals surface area contributed by atoms with Crippen molar-refractivity contribution in [3.8, 4) is 0 Å². The SMILES string of the molecule is CCNC(=NCC(=O)N1CCCC1)NCCCOCC1CCOC1.I. The summed E-state index contributed by atoms with van der Waals surface area (Å²) in [6.07, 6.45) is 4.25. The van der Waals surface area contributed by atoms with Crippen molar-refractivity contribution >= 4 is 35.8 Å². The first kappa shape index (κ1) is 22.4. The molecule has 25 heavy (non-hydrogen) atoms. The molecule has 2 saturated heterocycles. The second-order valence-corrected chi connectivity index (χ2v) is 6.37. The Labute approximate surface area is 168 Å². The number of hydrogen-bond donors (Lipinski definition) is 2. The zero-order valence-electron chi connectivity index (χ0n) is 15.3. The molecule has 2 N–H and O–H groups in total. The molecule has 2 fully saturated rings. The topological polar surface area (TPSA) is 75.2 Å². The minimum Gasteiger partial charge on any atom is -0.381 e. The molecule has 0 bridgehead atoms. The number of nitrogens with zero attached hydrogens (tertiary/aromatic N) is 2. The zero-order valence-corrected chi connectivity index (χ0v) is 17.6. The molecule has 2 aliphatic heterocycles. The molecule has 0 spiro atoms. The zero-order chi connectivity index (χ0) is 17.0. The summed E-state index contributed by atoms with van der Waals surface area (Å²) in [4.78, 5) is 18.3. The van der Waals surface area contributed by atoms with Gasteiger partial charge in [0.05, 0.1) is 13.2 Å². The number of rotatable bonds is 9. The van der Waals surface area contributed by atoms with Crippen molar-refractivity contribution < 1.29 is 14.3 Å². The number of halogens is 1. The highest BCUT2D eigenvalue weighted by atomic mass is 127. The Hall–Kier alpha value is -0.610. The summed E-state index contributed by atoms with van der Waals surface area (Å²) < 4.78 is 11.0. The van der Waals surface area contributed by atoms with Gasteiger partial charge in [-0.1, -0.05) is 0 Å². The lowest BCUT2D eigenvalue weighted by Crippen LogP contribution is -2.39. The second kappa shape index (κ2) is 13.6. The third kappa shape index (κ3) is 9.05. The van der Waals surface area contributed by atoms with Crippen molar-refractivity contribution in [2.24, 2.45) is 10.9 Å². The Morgan fingerprint density at radius 1 is 1.32 bits per heavy atom. The van der Waals surface area contributed by atoms with Crippen LogP contribution in [0.5, 0.6) is 0 Å². The van der Waals surface area contributed by atoms with E-state index in [0.29, 0.717) is 11.9 Å². The van der Waals surface area contributed by atoms with Crippen LogP contribution in [0.1, 0.15) is 32.6 Å². The van der Waals surface area contributed by atoms with Crippen LogP contribution in [0.15, 0.2) is 4.99 Å². The van der Waals surface area contributed by atoms with E-state index in [1.54, 1.807) is 0 Å². The minimum absolute atomic E-state index is 0. The van der Waals surface area contributed by atoms with Crippen LogP contribution in [0.4, 0.5) is 0 Å². The number of ether oxygens (including phenoxy) is 2. The summed E-state index contributed by atoms with van der Waals surface area (Å²) in [5, 5.41) is 6.43.